The van der Waals surface area contributed by atoms with Crippen LogP contribution in [0.3, 0.4) is 0 Å². The first-order valence-corrected chi connectivity index (χ1v) is 2.70. The molecular weight excluding hydrogens is 175 g/mol. The molecule has 0 bridgehead atoms. The molecule has 1 aromatic heterocycles. The van der Waals surface area contributed by atoms with E-state index in [0.29, 0.717) is 0 Å². The number of rotatable bonds is 0. The van der Waals surface area contributed by atoms with Crippen molar-refractivity contribution in [1.29, 1.82) is 0 Å². The van der Waals surface area contributed by atoms with E-state index in [9.17, 15) is 0 Å². The Labute approximate surface area is 79.8 Å². The van der Waals surface area contributed by atoms with Gasteiger partial charge in [-0.1, -0.05) is 4.34 Å². The Balaban J connectivity index is 0. The van der Waals surface area contributed by atoms with Crippen LogP contribution in [0.4, 0.5) is 0 Å². The molecule has 0 saturated heterocycles. The van der Waals surface area contributed by atoms with Crippen molar-refractivity contribution in [3.63, 3.8) is 0 Å². The van der Waals surface area contributed by atoms with Crippen molar-refractivity contribution in [3.05, 3.63) is 21.8 Å². The number of thiophene rings is 1. The summed E-state index contributed by atoms with van der Waals surface area (Å²) in [6.45, 7) is 0. The second-order valence-corrected chi connectivity index (χ2v) is 2.37. The third-order valence-corrected chi connectivity index (χ3v) is 1.38. The summed E-state index contributed by atoms with van der Waals surface area (Å²) < 4.78 is 0.801. The Morgan fingerprint density at radius 3 is 2.38 bits per heavy atom. The quantitative estimate of drug-likeness (QED) is 0.346. The van der Waals surface area contributed by atoms with E-state index in [1.54, 1.807) is 6.07 Å². The first-order chi connectivity index (χ1) is 2.89. The predicted molar refractivity (Wildman–Crippen MR) is 33.9 cm³/mol. The standard InChI is InChI=1S/C4H2ClS.ClH.Mg/c5-4-2-1-3-6-4;;/h1-2H;1H;/q-1;;+2/p-1. The van der Waals surface area contributed by atoms with Gasteiger partial charge < -0.3 is 12.4 Å². The van der Waals surface area contributed by atoms with Gasteiger partial charge in [-0.2, -0.15) is 23.7 Å². The zero-order chi connectivity index (χ0) is 4.41. The largest absolute Gasteiger partial charge is 2.00 e. The van der Waals surface area contributed by atoms with Gasteiger partial charge in [0.25, 0.3) is 0 Å². The van der Waals surface area contributed by atoms with Crippen LogP contribution in [0.2, 0.25) is 4.34 Å². The van der Waals surface area contributed by atoms with Crippen LogP contribution in [0.25, 0.3) is 0 Å². The maximum Gasteiger partial charge on any atom is 2.00 e. The molecule has 8 heavy (non-hydrogen) atoms. The predicted octanol–water partition coefficient (Wildman–Crippen LogP) is -1.18. The van der Waals surface area contributed by atoms with Crippen molar-refractivity contribution in [2.24, 2.45) is 0 Å². The zero-order valence-corrected chi connectivity index (χ0v) is 7.77. The molecule has 4 heteroatoms. The molecule has 0 aromatic carbocycles. The Hall–Kier alpha value is 1.05. The average Bonchev–Trinajstić information content (AvgIpc) is 1.86. The van der Waals surface area contributed by atoms with Crippen molar-refractivity contribution in [1.82, 2.24) is 0 Å². The van der Waals surface area contributed by atoms with Gasteiger partial charge in [0.05, 0.1) is 0 Å². The van der Waals surface area contributed by atoms with Gasteiger partial charge in [0, 0.05) is 0 Å². The van der Waals surface area contributed by atoms with E-state index >= 15 is 0 Å². The van der Waals surface area contributed by atoms with Gasteiger partial charge in [0.1, 0.15) is 0 Å². The van der Waals surface area contributed by atoms with Crippen LogP contribution >= 0.6 is 22.9 Å². The molecule has 0 amide bonds. The fraction of sp³-hybridized carbons (Fsp3) is 0. The summed E-state index contributed by atoms with van der Waals surface area (Å²) in [5.74, 6) is 0. The molecule has 0 unspecified atom stereocenters. The van der Waals surface area contributed by atoms with Crippen molar-refractivity contribution in [3.8, 4) is 0 Å². The second-order valence-electron chi connectivity index (χ2n) is 0.857. The van der Waals surface area contributed by atoms with Crippen molar-refractivity contribution in [2.75, 3.05) is 0 Å². The molecule has 0 N–H and O–H groups in total. The van der Waals surface area contributed by atoms with Gasteiger partial charge in [0.15, 0.2) is 0 Å². The smallest absolute Gasteiger partial charge is 1.00 e. The van der Waals surface area contributed by atoms with Gasteiger partial charge in [-0.15, -0.1) is 5.38 Å². The van der Waals surface area contributed by atoms with Gasteiger partial charge >= 0.3 is 23.1 Å². The van der Waals surface area contributed by atoms with E-state index in [4.69, 9.17) is 11.6 Å². The fourth-order valence-corrected chi connectivity index (χ4v) is 0.805. The molecule has 40 valence electrons. The average molecular weight is 177 g/mol. The van der Waals surface area contributed by atoms with Crippen molar-refractivity contribution < 1.29 is 12.4 Å². The SMILES string of the molecule is Clc1cc[c-]s1.[Cl-].[Mg+2]. The molecule has 0 spiro atoms. The van der Waals surface area contributed by atoms with E-state index in [1.807, 2.05) is 6.07 Å². The summed E-state index contributed by atoms with van der Waals surface area (Å²) in [6, 6.07) is 3.61. The molecule has 0 nitrogen and oxygen atoms in total. The first-order valence-electron chi connectivity index (χ1n) is 1.51. The Bertz CT molecular complexity index is 118. The number of hydrogen-bond donors (Lipinski definition) is 0. The molecule has 0 aliphatic rings. The normalized spacial score (nSPS) is 6.62. The summed E-state index contributed by atoms with van der Waals surface area (Å²) in [5.41, 5.74) is 0. The zero-order valence-electron chi connectivity index (χ0n) is 4.03. The van der Waals surface area contributed by atoms with Crippen molar-refractivity contribution >= 4 is 46.0 Å². The maximum atomic E-state index is 5.44. The summed E-state index contributed by atoms with van der Waals surface area (Å²) in [5, 5.41) is 2.84. The van der Waals surface area contributed by atoms with Gasteiger partial charge in [-0.25, -0.2) is 0 Å². The van der Waals surface area contributed by atoms with Crippen molar-refractivity contribution in [2.45, 2.75) is 0 Å². The van der Waals surface area contributed by atoms with Crippen LogP contribution in [0, 0.1) is 5.38 Å². The molecule has 0 aliphatic carbocycles. The summed E-state index contributed by atoms with van der Waals surface area (Å²) in [7, 11) is 0. The molecule has 1 heterocycles. The van der Waals surface area contributed by atoms with E-state index in [0.717, 1.165) is 4.34 Å². The monoisotopic (exact) mass is 176 g/mol. The summed E-state index contributed by atoms with van der Waals surface area (Å²) in [6.07, 6.45) is 0. The molecule has 0 saturated carbocycles. The van der Waals surface area contributed by atoms with Crippen LogP contribution in [-0.4, -0.2) is 23.1 Å². The third-order valence-electron chi connectivity index (χ3n) is 0.439. The minimum Gasteiger partial charge on any atom is -1.00 e. The second kappa shape index (κ2) is 6.17. The Morgan fingerprint density at radius 2 is 2.25 bits per heavy atom. The molecule has 0 atom stereocenters. The maximum absolute atomic E-state index is 5.44. The Kier molecular flexibility index (Phi) is 9.10. The molecule has 1 aromatic rings. The minimum absolute atomic E-state index is 0. The molecular formula is C4H2Cl2MgS. The molecule has 0 fully saturated rings. The van der Waals surface area contributed by atoms with Gasteiger partial charge in [0.2, 0.25) is 0 Å². The number of halogens is 2. The molecule has 0 aliphatic heterocycles. The van der Waals surface area contributed by atoms with E-state index in [2.05, 4.69) is 5.38 Å². The fourth-order valence-electron chi connectivity index (χ4n) is 0.224. The van der Waals surface area contributed by atoms with E-state index < -0.39 is 0 Å². The molecule has 1 rings (SSSR count). The van der Waals surface area contributed by atoms with Crippen LogP contribution in [0.5, 0.6) is 0 Å². The first kappa shape index (κ1) is 11.8. The topological polar surface area (TPSA) is 0 Å². The Morgan fingerprint density at radius 1 is 1.62 bits per heavy atom. The summed E-state index contributed by atoms with van der Waals surface area (Å²) in [4.78, 5) is 0. The minimum atomic E-state index is 0. The van der Waals surface area contributed by atoms with Crippen LogP contribution in [-0.2, 0) is 0 Å². The summed E-state index contributed by atoms with van der Waals surface area (Å²) >= 11 is 6.86. The number of hydrogen-bond acceptors (Lipinski definition) is 1. The van der Waals surface area contributed by atoms with Crippen LogP contribution in [0.1, 0.15) is 0 Å². The third kappa shape index (κ3) is 3.98. The van der Waals surface area contributed by atoms with Gasteiger partial charge in [-0.05, 0) is 0 Å². The van der Waals surface area contributed by atoms with E-state index in [1.165, 1.54) is 11.3 Å². The van der Waals surface area contributed by atoms with Crippen LogP contribution < -0.4 is 12.4 Å². The van der Waals surface area contributed by atoms with Crippen LogP contribution in [0.15, 0.2) is 12.1 Å². The molecule has 0 radical (unpaired) electrons. The van der Waals surface area contributed by atoms with Gasteiger partial charge in [-0.3, -0.25) is 11.3 Å². The van der Waals surface area contributed by atoms with E-state index in [-0.39, 0.29) is 35.5 Å².